The van der Waals surface area contributed by atoms with Crippen LogP contribution in [0.1, 0.15) is 25.5 Å². The first kappa shape index (κ1) is 20.4. The molecule has 0 unspecified atom stereocenters. The standard InChI is InChI=1S/C22H26N4O3S/c1-3-23-22(26-12-10-15(11-13-26)21(27)28-2)24-14-16-8-9-18(29-16)20-25-17-6-4-5-7-19(17)30-20/h4-9,15H,3,10-14H2,1-2H3,(H,23,24). The zero-order valence-electron chi connectivity index (χ0n) is 17.3. The third kappa shape index (κ3) is 4.48. The van der Waals surface area contributed by atoms with Gasteiger partial charge in [-0.1, -0.05) is 12.1 Å². The highest BCUT2D eigenvalue weighted by Crippen LogP contribution is 2.31. The summed E-state index contributed by atoms with van der Waals surface area (Å²) in [5.74, 6) is 2.28. The van der Waals surface area contributed by atoms with Crippen molar-refractivity contribution in [1.82, 2.24) is 15.2 Å². The highest BCUT2D eigenvalue weighted by Gasteiger charge is 2.27. The second kappa shape index (κ2) is 9.30. The molecule has 2 aromatic heterocycles. The number of likely N-dealkylation sites (tertiary alicyclic amines) is 1. The Balaban J connectivity index is 1.43. The Hall–Kier alpha value is -2.87. The van der Waals surface area contributed by atoms with Crippen LogP contribution in [0.2, 0.25) is 0 Å². The Morgan fingerprint density at radius 2 is 2.10 bits per heavy atom. The van der Waals surface area contributed by atoms with Crippen molar-refractivity contribution in [2.24, 2.45) is 10.9 Å². The maximum absolute atomic E-state index is 11.8. The number of para-hydroxylation sites is 1. The molecule has 0 bridgehead atoms. The quantitative estimate of drug-likeness (QED) is 0.379. The second-order valence-corrected chi connectivity index (χ2v) is 8.24. The fraction of sp³-hybridized carbons (Fsp3) is 0.409. The summed E-state index contributed by atoms with van der Waals surface area (Å²) in [5, 5.41) is 4.22. The van der Waals surface area contributed by atoms with Crippen molar-refractivity contribution in [2.45, 2.75) is 26.3 Å². The van der Waals surface area contributed by atoms with Crippen molar-refractivity contribution in [3.63, 3.8) is 0 Å². The van der Waals surface area contributed by atoms with Crippen LogP contribution < -0.4 is 5.32 Å². The molecule has 1 saturated heterocycles. The average Bonchev–Trinajstić information content (AvgIpc) is 3.43. The normalized spacial score (nSPS) is 15.5. The van der Waals surface area contributed by atoms with Gasteiger partial charge in [0, 0.05) is 19.6 Å². The zero-order chi connectivity index (χ0) is 20.9. The number of carbonyl (C=O) groups excluding carboxylic acids is 1. The molecule has 3 aromatic rings. The number of hydrogen-bond acceptors (Lipinski definition) is 6. The minimum absolute atomic E-state index is 0.0180. The molecule has 1 aromatic carbocycles. The lowest BCUT2D eigenvalue weighted by atomic mass is 9.97. The van der Waals surface area contributed by atoms with Crippen LogP contribution in [0.25, 0.3) is 21.0 Å². The first-order valence-electron chi connectivity index (χ1n) is 10.2. The number of aromatic nitrogens is 1. The Morgan fingerprint density at radius 1 is 1.30 bits per heavy atom. The molecule has 158 valence electrons. The van der Waals surface area contributed by atoms with Crippen molar-refractivity contribution in [1.29, 1.82) is 0 Å². The van der Waals surface area contributed by atoms with Gasteiger partial charge < -0.3 is 19.4 Å². The van der Waals surface area contributed by atoms with Crippen LogP contribution >= 0.6 is 11.3 Å². The monoisotopic (exact) mass is 426 g/mol. The minimum atomic E-state index is -0.116. The first-order chi connectivity index (χ1) is 14.7. The lowest BCUT2D eigenvalue weighted by molar-refractivity contribution is -0.146. The number of nitrogens with one attached hydrogen (secondary N) is 1. The number of esters is 1. The fourth-order valence-electron chi connectivity index (χ4n) is 3.63. The molecule has 1 aliphatic heterocycles. The Morgan fingerprint density at radius 3 is 2.83 bits per heavy atom. The van der Waals surface area contributed by atoms with E-state index in [0.29, 0.717) is 6.54 Å². The van der Waals surface area contributed by atoms with Crippen molar-refractivity contribution in [3.05, 3.63) is 42.2 Å². The number of benzene rings is 1. The van der Waals surface area contributed by atoms with Gasteiger partial charge in [-0.05, 0) is 44.0 Å². The molecule has 30 heavy (non-hydrogen) atoms. The first-order valence-corrected chi connectivity index (χ1v) is 11.1. The van der Waals surface area contributed by atoms with E-state index in [0.717, 1.165) is 65.2 Å². The number of thiazole rings is 1. The molecule has 1 N–H and O–H groups in total. The maximum Gasteiger partial charge on any atom is 0.308 e. The van der Waals surface area contributed by atoms with E-state index < -0.39 is 0 Å². The van der Waals surface area contributed by atoms with Crippen molar-refractivity contribution in [3.8, 4) is 10.8 Å². The van der Waals surface area contributed by atoms with Gasteiger partial charge >= 0.3 is 5.97 Å². The van der Waals surface area contributed by atoms with Gasteiger partial charge in [-0.15, -0.1) is 11.3 Å². The van der Waals surface area contributed by atoms with Crippen LogP contribution in [0.5, 0.6) is 0 Å². The molecule has 7 nitrogen and oxygen atoms in total. The number of rotatable bonds is 5. The molecule has 1 fully saturated rings. The molecule has 0 amide bonds. The molecule has 0 aliphatic carbocycles. The summed E-state index contributed by atoms with van der Waals surface area (Å²) in [4.78, 5) is 23.4. The predicted octanol–water partition coefficient (Wildman–Crippen LogP) is 3.91. The van der Waals surface area contributed by atoms with Gasteiger partial charge in [0.1, 0.15) is 12.3 Å². The second-order valence-electron chi connectivity index (χ2n) is 7.21. The topological polar surface area (TPSA) is 80.0 Å². The number of nitrogens with zero attached hydrogens (tertiary/aromatic N) is 3. The third-order valence-corrected chi connectivity index (χ3v) is 6.27. The van der Waals surface area contributed by atoms with E-state index in [1.165, 1.54) is 7.11 Å². The van der Waals surface area contributed by atoms with E-state index in [1.807, 2.05) is 30.3 Å². The summed E-state index contributed by atoms with van der Waals surface area (Å²) < 4.78 is 12.0. The summed E-state index contributed by atoms with van der Waals surface area (Å²) in [6, 6.07) is 12.0. The molecule has 0 radical (unpaired) electrons. The number of carbonyl (C=O) groups is 1. The number of ether oxygens (including phenoxy) is 1. The SMILES string of the molecule is CCNC(=NCc1ccc(-c2nc3ccccc3s2)o1)N1CCC(C(=O)OC)CC1. The van der Waals surface area contributed by atoms with Crippen molar-refractivity contribution < 1.29 is 13.9 Å². The summed E-state index contributed by atoms with van der Waals surface area (Å²) >= 11 is 1.62. The molecule has 3 heterocycles. The fourth-order valence-corrected chi connectivity index (χ4v) is 4.56. The van der Waals surface area contributed by atoms with E-state index in [-0.39, 0.29) is 11.9 Å². The number of methoxy groups -OCH3 is 1. The van der Waals surface area contributed by atoms with Crippen molar-refractivity contribution in [2.75, 3.05) is 26.7 Å². The van der Waals surface area contributed by atoms with E-state index >= 15 is 0 Å². The zero-order valence-corrected chi connectivity index (χ0v) is 18.1. The summed E-state index contributed by atoms with van der Waals surface area (Å²) in [6.07, 6.45) is 1.55. The number of fused-ring (bicyclic) bond motifs is 1. The lowest BCUT2D eigenvalue weighted by Gasteiger charge is -2.33. The van der Waals surface area contributed by atoms with Crippen LogP contribution in [-0.4, -0.2) is 48.6 Å². The van der Waals surface area contributed by atoms with Gasteiger partial charge in [-0.2, -0.15) is 0 Å². The molecule has 4 rings (SSSR count). The van der Waals surface area contributed by atoms with E-state index in [1.54, 1.807) is 11.3 Å². The van der Waals surface area contributed by atoms with Crippen LogP contribution in [-0.2, 0) is 16.1 Å². The van der Waals surface area contributed by atoms with E-state index in [4.69, 9.17) is 14.1 Å². The Bertz CT molecular complexity index is 1000. The molecule has 1 aliphatic rings. The summed E-state index contributed by atoms with van der Waals surface area (Å²) in [7, 11) is 1.45. The van der Waals surface area contributed by atoms with Crippen LogP contribution in [0.4, 0.5) is 0 Å². The largest absolute Gasteiger partial charge is 0.469 e. The highest BCUT2D eigenvalue weighted by molar-refractivity contribution is 7.21. The Labute approximate surface area is 179 Å². The van der Waals surface area contributed by atoms with Crippen LogP contribution in [0, 0.1) is 5.92 Å². The van der Waals surface area contributed by atoms with Gasteiger partial charge in [0.25, 0.3) is 0 Å². The van der Waals surface area contributed by atoms with Gasteiger partial charge in [-0.3, -0.25) is 4.79 Å². The van der Waals surface area contributed by atoms with Crippen molar-refractivity contribution >= 4 is 33.5 Å². The molecule has 0 saturated carbocycles. The van der Waals surface area contributed by atoms with Crippen LogP contribution in [0.15, 0.2) is 45.8 Å². The van der Waals surface area contributed by atoms with Crippen LogP contribution in [0.3, 0.4) is 0 Å². The van der Waals surface area contributed by atoms with E-state index in [2.05, 4.69) is 28.2 Å². The number of guanidine groups is 1. The number of hydrogen-bond donors (Lipinski definition) is 1. The molecule has 0 spiro atoms. The molecule has 8 heteroatoms. The predicted molar refractivity (Wildman–Crippen MR) is 118 cm³/mol. The number of aliphatic imine (C=N–C) groups is 1. The minimum Gasteiger partial charge on any atom is -0.469 e. The molecular formula is C22H26N4O3S. The third-order valence-electron chi connectivity index (χ3n) is 5.21. The number of furan rings is 1. The smallest absolute Gasteiger partial charge is 0.308 e. The Kier molecular flexibility index (Phi) is 6.32. The lowest BCUT2D eigenvalue weighted by Crippen LogP contribution is -2.46. The van der Waals surface area contributed by atoms with E-state index in [9.17, 15) is 4.79 Å². The van der Waals surface area contributed by atoms with Gasteiger partial charge in [0.15, 0.2) is 16.7 Å². The maximum atomic E-state index is 11.8. The summed E-state index contributed by atoms with van der Waals surface area (Å²) in [5.41, 5.74) is 0.985. The van der Waals surface area contributed by atoms with Gasteiger partial charge in [0.05, 0.1) is 23.2 Å². The molecule has 0 atom stereocenters. The summed E-state index contributed by atoms with van der Waals surface area (Å²) in [6.45, 7) is 4.84. The molecular weight excluding hydrogens is 400 g/mol. The number of piperidine rings is 1. The van der Waals surface area contributed by atoms with Gasteiger partial charge in [0.2, 0.25) is 0 Å². The average molecular weight is 427 g/mol. The van der Waals surface area contributed by atoms with Gasteiger partial charge in [-0.25, -0.2) is 9.98 Å². The highest BCUT2D eigenvalue weighted by atomic mass is 32.1.